The van der Waals surface area contributed by atoms with Gasteiger partial charge >= 0.3 is 0 Å². The zero-order valence-electron chi connectivity index (χ0n) is 15.7. The Kier molecular flexibility index (Phi) is 5.73. The molecule has 3 heteroatoms. The van der Waals surface area contributed by atoms with Gasteiger partial charge < -0.3 is 0 Å². The van der Waals surface area contributed by atoms with Gasteiger partial charge in [-0.25, -0.2) is 0 Å². The van der Waals surface area contributed by atoms with Crippen LogP contribution >= 0.6 is 0 Å². The Labute approximate surface area is 140 Å². The Morgan fingerprint density at radius 1 is 0.636 bits per heavy atom. The molecule has 0 bridgehead atoms. The first-order valence-corrected chi connectivity index (χ1v) is 18.5. The van der Waals surface area contributed by atoms with Crippen molar-refractivity contribution in [1.82, 2.24) is 0 Å². The summed E-state index contributed by atoms with van der Waals surface area (Å²) in [5.74, 6) is 6.97. The highest BCUT2D eigenvalue weighted by atomic mass is 28.3. The first-order chi connectivity index (χ1) is 9.80. The topological polar surface area (TPSA) is 0 Å². The molecule has 0 radical (unpaired) electrons. The van der Waals surface area contributed by atoms with Gasteiger partial charge in [0.25, 0.3) is 0 Å². The molecule has 0 aromatic heterocycles. The van der Waals surface area contributed by atoms with Crippen LogP contribution in [0.5, 0.6) is 0 Å². The van der Waals surface area contributed by atoms with Crippen LogP contribution in [0.3, 0.4) is 0 Å². The first kappa shape index (κ1) is 19.0. The van der Waals surface area contributed by atoms with Crippen LogP contribution in [-0.2, 0) is 0 Å². The molecule has 0 unspecified atom stereocenters. The quantitative estimate of drug-likeness (QED) is 0.513. The van der Waals surface area contributed by atoms with Crippen LogP contribution in [-0.4, -0.2) is 24.2 Å². The predicted octanol–water partition coefficient (Wildman–Crippen LogP) is 4.69. The maximum atomic E-state index is 3.52. The molecule has 0 saturated carbocycles. The molecule has 0 heterocycles. The third-order valence-corrected chi connectivity index (χ3v) is 6.75. The highest BCUT2D eigenvalue weighted by Gasteiger charge is 2.23. The van der Waals surface area contributed by atoms with Gasteiger partial charge in [0.1, 0.15) is 16.1 Å². The standard InChI is InChI=1S/C19H30Si3/c1-20(2,3)15-13-17-11-10-12-18(14-16-21(4,5)6)19(17)22(7,8)9/h10-12H,1-9H3. The monoisotopic (exact) mass is 342 g/mol. The highest BCUT2D eigenvalue weighted by Crippen LogP contribution is 2.12. The van der Waals surface area contributed by atoms with Crippen LogP contribution < -0.4 is 5.19 Å². The fourth-order valence-corrected chi connectivity index (χ4v) is 5.01. The first-order valence-electron chi connectivity index (χ1n) is 7.99. The van der Waals surface area contributed by atoms with E-state index in [9.17, 15) is 0 Å². The molecule has 0 aliphatic carbocycles. The van der Waals surface area contributed by atoms with Crippen LogP contribution in [0.25, 0.3) is 0 Å². The smallest absolute Gasteiger partial charge is 0.127 e. The molecule has 1 aromatic carbocycles. The molecule has 0 fully saturated rings. The second kappa shape index (κ2) is 6.62. The summed E-state index contributed by atoms with van der Waals surface area (Å²) in [5.41, 5.74) is 9.47. The summed E-state index contributed by atoms with van der Waals surface area (Å²) in [4.78, 5) is 0. The summed E-state index contributed by atoms with van der Waals surface area (Å²) in [7, 11) is -4.21. The molecular weight excluding hydrogens is 312 g/mol. The van der Waals surface area contributed by atoms with Crippen molar-refractivity contribution < 1.29 is 0 Å². The minimum atomic E-state index is -1.49. The van der Waals surface area contributed by atoms with Crippen molar-refractivity contribution in [2.24, 2.45) is 0 Å². The lowest BCUT2D eigenvalue weighted by Gasteiger charge is -2.21. The number of hydrogen-bond donors (Lipinski definition) is 0. The summed E-state index contributed by atoms with van der Waals surface area (Å²) >= 11 is 0. The normalized spacial score (nSPS) is 12.0. The predicted molar refractivity (Wildman–Crippen MR) is 110 cm³/mol. The molecule has 0 aliphatic heterocycles. The van der Waals surface area contributed by atoms with Gasteiger partial charge in [-0.1, -0.05) is 76.8 Å². The van der Waals surface area contributed by atoms with Gasteiger partial charge in [0.15, 0.2) is 0 Å². The molecule has 0 amide bonds. The molecule has 22 heavy (non-hydrogen) atoms. The van der Waals surface area contributed by atoms with E-state index in [0.717, 1.165) is 0 Å². The highest BCUT2D eigenvalue weighted by molar-refractivity contribution is 6.90. The molecule has 118 valence electrons. The van der Waals surface area contributed by atoms with Gasteiger partial charge in [0.05, 0.1) is 8.07 Å². The lowest BCUT2D eigenvalue weighted by Crippen LogP contribution is -2.41. The van der Waals surface area contributed by atoms with E-state index in [-0.39, 0.29) is 0 Å². The van der Waals surface area contributed by atoms with Crippen molar-refractivity contribution in [3.05, 3.63) is 29.3 Å². The number of hydrogen-bond acceptors (Lipinski definition) is 0. The van der Waals surface area contributed by atoms with Crippen molar-refractivity contribution in [3.8, 4) is 22.9 Å². The van der Waals surface area contributed by atoms with E-state index < -0.39 is 24.2 Å². The zero-order valence-corrected chi connectivity index (χ0v) is 18.7. The van der Waals surface area contributed by atoms with E-state index in [1.54, 1.807) is 0 Å². The van der Waals surface area contributed by atoms with Crippen molar-refractivity contribution >= 4 is 29.4 Å². The summed E-state index contributed by atoms with van der Waals surface area (Å²) in [5, 5.41) is 1.44. The SMILES string of the molecule is C[Si](C)(C)C#Cc1cccc(C#C[Si](C)(C)C)c1[Si](C)(C)C. The Morgan fingerprint density at radius 2 is 1.00 bits per heavy atom. The largest absolute Gasteiger partial charge is 0.129 e. The van der Waals surface area contributed by atoms with Gasteiger partial charge in [-0.2, -0.15) is 0 Å². The molecule has 0 spiro atoms. The second-order valence-corrected chi connectivity index (χ2v) is 23.5. The molecule has 0 aliphatic rings. The maximum Gasteiger partial charge on any atom is 0.129 e. The molecule has 0 nitrogen and oxygen atoms in total. The van der Waals surface area contributed by atoms with Crippen molar-refractivity contribution in [2.75, 3.05) is 0 Å². The zero-order chi connectivity index (χ0) is 17.2. The van der Waals surface area contributed by atoms with Crippen LogP contribution in [0.2, 0.25) is 58.9 Å². The van der Waals surface area contributed by atoms with Gasteiger partial charge in [-0.05, 0) is 17.3 Å². The fraction of sp³-hybridized carbons (Fsp3) is 0.474. The Balaban J connectivity index is 3.53. The Bertz CT molecular complexity index is 607. The van der Waals surface area contributed by atoms with Gasteiger partial charge in [-0.3, -0.25) is 0 Å². The van der Waals surface area contributed by atoms with E-state index >= 15 is 0 Å². The average Bonchev–Trinajstić information content (AvgIpc) is 2.30. The van der Waals surface area contributed by atoms with Crippen LogP contribution in [0.1, 0.15) is 11.1 Å². The van der Waals surface area contributed by atoms with Gasteiger partial charge in [-0.15, -0.1) is 11.1 Å². The van der Waals surface area contributed by atoms with Crippen LogP contribution in [0.15, 0.2) is 18.2 Å². The van der Waals surface area contributed by atoms with E-state index in [2.05, 4.69) is 100 Å². The van der Waals surface area contributed by atoms with Crippen molar-refractivity contribution in [3.63, 3.8) is 0 Å². The van der Waals surface area contributed by atoms with E-state index in [4.69, 9.17) is 0 Å². The fourth-order valence-electron chi connectivity index (χ4n) is 2.08. The summed E-state index contributed by atoms with van der Waals surface area (Å²) in [6, 6.07) is 6.48. The average molecular weight is 343 g/mol. The van der Waals surface area contributed by atoms with Gasteiger partial charge in [0.2, 0.25) is 0 Å². The lowest BCUT2D eigenvalue weighted by molar-refractivity contribution is 1.60. The van der Waals surface area contributed by atoms with Gasteiger partial charge in [0, 0.05) is 11.1 Å². The third kappa shape index (κ3) is 6.40. The summed E-state index contributed by atoms with van der Waals surface area (Å²) < 4.78 is 0. The molecule has 1 aromatic rings. The van der Waals surface area contributed by atoms with Crippen molar-refractivity contribution in [1.29, 1.82) is 0 Å². The number of rotatable bonds is 1. The molecule has 1 rings (SSSR count). The Hall–Kier alpha value is -1.01. The summed E-state index contributed by atoms with van der Waals surface area (Å²) in [6.45, 7) is 20.9. The minimum absolute atomic E-state index is 1.21. The number of benzene rings is 1. The van der Waals surface area contributed by atoms with E-state index in [0.29, 0.717) is 0 Å². The minimum Gasteiger partial charge on any atom is -0.127 e. The summed E-state index contributed by atoms with van der Waals surface area (Å²) in [6.07, 6.45) is 0. The molecular formula is C19H30Si3. The van der Waals surface area contributed by atoms with E-state index in [1.807, 2.05) is 0 Å². The Morgan fingerprint density at radius 3 is 1.27 bits per heavy atom. The maximum absolute atomic E-state index is 3.52. The molecule has 0 saturated heterocycles. The van der Waals surface area contributed by atoms with Crippen LogP contribution in [0, 0.1) is 22.9 Å². The third-order valence-electron chi connectivity index (χ3n) is 2.96. The van der Waals surface area contributed by atoms with Crippen molar-refractivity contribution in [2.45, 2.75) is 58.9 Å². The van der Waals surface area contributed by atoms with Crippen LogP contribution in [0.4, 0.5) is 0 Å². The molecule has 0 N–H and O–H groups in total. The second-order valence-electron chi connectivity index (χ2n) is 8.98. The lowest BCUT2D eigenvalue weighted by atomic mass is 10.1. The molecule has 0 atom stereocenters. The van der Waals surface area contributed by atoms with E-state index in [1.165, 1.54) is 16.3 Å².